The minimum absolute atomic E-state index is 0.0520. The number of aromatic nitrogens is 2. The number of rotatable bonds is 3. The lowest BCUT2D eigenvalue weighted by Crippen LogP contribution is -2.33. The van der Waals surface area contributed by atoms with Crippen LogP contribution in [-0.2, 0) is 9.47 Å². The van der Waals surface area contributed by atoms with E-state index in [4.69, 9.17) is 15.2 Å². The number of hydrogen-bond donors (Lipinski definition) is 2. The molecule has 0 unspecified atom stereocenters. The van der Waals surface area contributed by atoms with Crippen LogP contribution in [0.5, 0.6) is 0 Å². The second-order valence-electron chi connectivity index (χ2n) is 4.76. The van der Waals surface area contributed by atoms with Crippen LogP contribution in [0.1, 0.15) is 31.9 Å². The number of ether oxygens (including phenoxy) is 2. The molecule has 1 aliphatic rings. The normalized spacial score (nSPS) is 22.5. The zero-order valence-corrected chi connectivity index (χ0v) is 11.0. The Balaban J connectivity index is 1.86. The minimum atomic E-state index is -0.419. The number of carbonyl (C=O) groups is 1. The Morgan fingerprint density at radius 2 is 2.21 bits per heavy atom. The van der Waals surface area contributed by atoms with Gasteiger partial charge in [-0.15, -0.1) is 0 Å². The molecule has 0 spiro atoms. The molecule has 1 aromatic heterocycles. The Bertz CT molecular complexity index is 435. The SMILES string of the molecule is CC(C)NC(=O)O[C@H]1CO[C@@H](c2cnc(N)nc2)C1. The Labute approximate surface area is 111 Å². The highest BCUT2D eigenvalue weighted by atomic mass is 16.6. The van der Waals surface area contributed by atoms with E-state index in [1.165, 1.54) is 0 Å². The van der Waals surface area contributed by atoms with Crippen molar-refractivity contribution in [2.45, 2.75) is 38.5 Å². The number of nitrogens with two attached hydrogens (primary N) is 1. The molecule has 1 aromatic rings. The van der Waals surface area contributed by atoms with Gasteiger partial charge in [0.15, 0.2) is 0 Å². The molecule has 0 radical (unpaired) electrons. The van der Waals surface area contributed by atoms with Gasteiger partial charge in [0.05, 0.1) is 12.7 Å². The van der Waals surface area contributed by atoms with Gasteiger partial charge in [0, 0.05) is 30.4 Å². The van der Waals surface area contributed by atoms with Gasteiger partial charge in [-0.2, -0.15) is 0 Å². The summed E-state index contributed by atoms with van der Waals surface area (Å²) in [6.45, 7) is 4.13. The summed E-state index contributed by atoms with van der Waals surface area (Å²) in [6, 6.07) is 0.0520. The molecule has 104 valence electrons. The zero-order valence-electron chi connectivity index (χ0n) is 11.0. The van der Waals surface area contributed by atoms with E-state index in [9.17, 15) is 4.79 Å². The number of nitrogens with zero attached hydrogens (tertiary/aromatic N) is 2. The number of hydrogen-bond acceptors (Lipinski definition) is 6. The summed E-state index contributed by atoms with van der Waals surface area (Å²) in [5.41, 5.74) is 6.26. The van der Waals surface area contributed by atoms with E-state index in [1.54, 1.807) is 12.4 Å². The van der Waals surface area contributed by atoms with Gasteiger partial charge < -0.3 is 20.5 Å². The fourth-order valence-electron chi connectivity index (χ4n) is 1.85. The Morgan fingerprint density at radius 1 is 1.53 bits per heavy atom. The quantitative estimate of drug-likeness (QED) is 0.847. The molecular weight excluding hydrogens is 248 g/mol. The van der Waals surface area contributed by atoms with Crippen molar-refractivity contribution in [1.29, 1.82) is 0 Å². The smallest absolute Gasteiger partial charge is 0.407 e. The molecule has 0 aliphatic carbocycles. The van der Waals surface area contributed by atoms with Crippen molar-refractivity contribution in [2.24, 2.45) is 0 Å². The summed E-state index contributed by atoms with van der Waals surface area (Å²) < 4.78 is 10.8. The topological polar surface area (TPSA) is 99.4 Å². The number of nitrogen functional groups attached to an aromatic ring is 1. The standard InChI is InChI=1S/C12H18N4O3/c1-7(2)16-12(17)19-9-3-10(18-6-9)8-4-14-11(13)15-5-8/h4-5,7,9-10H,3,6H2,1-2H3,(H,16,17)(H2,13,14,15)/t9-,10-/m1/s1. The molecule has 19 heavy (non-hydrogen) atoms. The highest BCUT2D eigenvalue weighted by molar-refractivity contribution is 5.67. The molecule has 1 saturated heterocycles. The number of nitrogens with one attached hydrogen (secondary N) is 1. The molecule has 2 rings (SSSR count). The molecule has 0 saturated carbocycles. The summed E-state index contributed by atoms with van der Waals surface area (Å²) in [6.07, 6.45) is 3.03. The van der Waals surface area contributed by atoms with Gasteiger partial charge in [0.1, 0.15) is 6.10 Å². The van der Waals surface area contributed by atoms with Crippen molar-refractivity contribution >= 4 is 12.0 Å². The van der Waals surface area contributed by atoms with Crippen molar-refractivity contribution in [2.75, 3.05) is 12.3 Å². The molecule has 2 heterocycles. The highest BCUT2D eigenvalue weighted by Crippen LogP contribution is 2.29. The summed E-state index contributed by atoms with van der Waals surface area (Å²) in [5.74, 6) is 0.228. The van der Waals surface area contributed by atoms with Crippen LogP contribution in [0.2, 0.25) is 0 Å². The van der Waals surface area contributed by atoms with E-state index in [2.05, 4.69) is 15.3 Å². The number of anilines is 1. The fourth-order valence-corrected chi connectivity index (χ4v) is 1.85. The summed E-state index contributed by atoms with van der Waals surface area (Å²) >= 11 is 0. The predicted octanol–water partition coefficient (Wildman–Crippen LogP) is 1.02. The second kappa shape index (κ2) is 5.83. The van der Waals surface area contributed by atoms with Crippen LogP contribution in [-0.4, -0.2) is 34.8 Å². The van der Waals surface area contributed by atoms with E-state index < -0.39 is 6.09 Å². The van der Waals surface area contributed by atoms with Crippen LogP contribution in [0.3, 0.4) is 0 Å². The molecule has 7 nitrogen and oxygen atoms in total. The maximum Gasteiger partial charge on any atom is 0.407 e. The first-order valence-electron chi connectivity index (χ1n) is 6.20. The van der Waals surface area contributed by atoms with Crippen molar-refractivity contribution in [1.82, 2.24) is 15.3 Å². The van der Waals surface area contributed by atoms with Gasteiger partial charge in [-0.1, -0.05) is 0 Å². The Kier molecular flexibility index (Phi) is 4.16. The van der Waals surface area contributed by atoms with E-state index in [0.717, 1.165) is 5.56 Å². The van der Waals surface area contributed by atoms with Crippen LogP contribution < -0.4 is 11.1 Å². The van der Waals surface area contributed by atoms with Crippen LogP contribution >= 0.6 is 0 Å². The molecule has 0 aromatic carbocycles. The minimum Gasteiger partial charge on any atom is -0.444 e. The van der Waals surface area contributed by atoms with E-state index in [0.29, 0.717) is 13.0 Å². The molecule has 1 aliphatic heterocycles. The third kappa shape index (κ3) is 3.78. The van der Waals surface area contributed by atoms with E-state index in [-0.39, 0.29) is 24.2 Å². The monoisotopic (exact) mass is 266 g/mol. The fraction of sp³-hybridized carbons (Fsp3) is 0.583. The van der Waals surface area contributed by atoms with Gasteiger partial charge in [-0.05, 0) is 13.8 Å². The van der Waals surface area contributed by atoms with E-state index >= 15 is 0 Å². The molecule has 7 heteroatoms. The maximum absolute atomic E-state index is 11.5. The van der Waals surface area contributed by atoms with Crippen LogP contribution in [0, 0.1) is 0 Å². The zero-order chi connectivity index (χ0) is 13.8. The van der Waals surface area contributed by atoms with E-state index in [1.807, 2.05) is 13.8 Å². The van der Waals surface area contributed by atoms with Crippen LogP contribution in [0.15, 0.2) is 12.4 Å². The lowest BCUT2D eigenvalue weighted by Gasteiger charge is -2.13. The number of amides is 1. The van der Waals surface area contributed by atoms with Gasteiger partial charge in [0.2, 0.25) is 5.95 Å². The van der Waals surface area contributed by atoms with Crippen molar-refractivity contribution in [3.05, 3.63) is 18.0 Å². The lowest BCUT2D eigenvalue weighted by molar-refractivity contribution is 0.0690. The van der Waals surface area contributed by atoms with Crippen molar-refractivity contribution in [3.63, 3.8) is 0 Å². The van der Waals surface area contributed by atoms with Crippen molar-refractivity contribution < 1.29 is 14.3 Å². The number of carbonyl (C=O) groups excluding carboxylic acids is 1. The molecule has 1 amide bonds. The molecule has 0 bridgehead atoms. The Morgan fingerprint density at radius 3 is 2.84 bits per heavy atom. The lowest BCUT2D eigenvalue weighted by atomic mass is 10.1. The average Bonchev–Trinajstić information content (AvgIpc) is 2.77. The van der Waals surface area contributed by atoms with Crippen molar-refractivity contribution in [3.8, 4) is 0 Å². The highest BCUT2D eigenvalue weighted by Gasteiger charge is 2.30. The molecular formula is C12H18N4O3. The van der Waals surface area contributed by atoms with Gasteiger partial charge >= 0.3 is 6.09 Å². The predicted molar refractivity (Wildman–Crippen MR) is 68.3 cm³/mol. The molecule has 2 atom stereocenters. The van der Waals surface area contributed by atoms with Crippen LogP contribution in [0.4, 0.5) is 10.7 Å². The van der Waals surface area contributed by atoms with Gasteiger partial charge in [0.25, 0.3) is 0 Å². The first-order valence-corrected chi connectivity index (χ1v) is 6.20. The largest absolute Gasteiger partial charge is 0.444 e. The van der Waals surface area contributed by atoms with Gasteiger partial charge in [-0.3, -0.25) is 0 Å². The summed E-state index contributed by atoms with van der Waals surface area (Å²) in [7, 11) is 0. The first-order chi connectivity index (χ1) is 9.04. The molecule has 1 fully saturated rings. The second-order valence-corrected chi connectivity index (χ2v) is 4.76. The first kappa shape index (κ1) is 13.5. The third-order valence-corrected chi connectivity index (χ3v) is 2.70. The van der Waals surface area contributed by atoms with Crippen LogP contribution in [0.25, 0.3) is 0 Å². The molecule has 3 N–H and O–H groups in total. The maximum atomic E-state index is 11.5. The van der Waals surface area contributed by atoms with Gasteiger partial charge in [-0.25, -0.2) is 14.8 Å². The average molecular weight is 266 g/mol. The third-order valence-electron chi connectivity index (χ3n) is 2.70. The number of alkyl carbamates (subject to hydrolysis) is 1. The summed E-state index contributed by atoms with van der Waals surface area (Å²) in [4.78, 5) is 19.3. The Hall–Kier alpha value is -1.89. The summed E-state index contributed by atoms with van der Waals surface area (Å²) in [5, 5.41) is 2.67.